The molecule has 0 saturated carbocycles. The van der Waals surface area contributed by atoms with Gasteiger partial charge in [0.05, 0.1) is 18.8 Å². The molecule has 2 aromatic rings. The SMILES string of the molecule is Cc1cc2c(n1Cc1cn[nH]c1)CCCC2O. The van der Waals surface area contributed by atoms with Crippen molar-refractivity contribution in [3.8, 4) is 0 Å². The summed E-state index contributed by atoms with van der Waals surface area (Å²) in [7, 11) is 0. The van der Waals surface area contributed by atoms with Crippen LogP contribution in [0.2, 0.25) is 0 Å². The number of rotatable bonds is 2. The molecule has 2 aromatic heterocycles. The molecule has 0 amide bonds. The van der Waals surface area contributed by atoms with E-state index in [1.807, 2.05) is 12.4 Å². The fourth-order valence-electron chi connectivity index (χ4n) is 2.71. The van der Waals surface area contributed by atoms with Crippen LogP contribution >= 0.6 is 0 Å². The zero-order valence-electron chi connectivity index (χ0n) is 9.98. The summed E-state index contributed by atoms with van der Waals surface area (Å²) >= 11 is 0. The molecule has 1 aliphatic rings. The lowest BCUT2D eigenvalue weighted by Crippen LogP contribution is -2.13. The predicted molar refractivity (Wildman–Crippen MR) is 64.8 cm³/mol. The summed E-state index contributed by atoms with van der Waals surface area (Å²) in [6.45, 7) is 2.94. The highest BCUT2D eigenvalue weighted by Crippen LogP contribution is 2.32. The molecule has 3 rings (SSSR count). The van der Waals surface area contributed by atoms with Gasteiger partial charge in [-0.2, -0.15) is 5.10 Å². The van der Waals surface area contributed by atoms with E-state index in [1.165, 1.54) is 17.0 Å². The van der Waals surface area contributed by atoms with Crippen LogP contribution in [0.25, 0.3) is 0 Å². The van der Waals surface area contributed by atoms with Crippen molar-refractivity contribution < 1.29 is 5.11 Å². The highest BCUT2D eigenvalue weighted by molar-refractivity contribution is 5.32. The molecular formula is C13H17N3O. The number of nitrogens with one attached hydrogen (secondary N) is 1. The highest BCUT2D eigenvalue weighted by atomic mass is 16.3. The third-order valence-electron chi connectivity index (χ3n) is 3.59. The van der Waals surface area contributed by atoms with Crippen LogP contribution in [0.15, 0.2) is 18.5 Å². The molecule has 90 valence electrons. The fourth-order valence-corrected chi connectivity index (χ4v) is 2.71. The molecule has 2 N–H and O–H groups in total. The van der Waals surface area contributed by atoms with E-state index in [9.17, 15) is 5.11 Å². The Morgan fingerprint density at radius 3 is 3.24 bits per heavy atom. The van der Waals surface area contributed by atoms with Gasteiger partial charge in [0.25, 0.3) is 0 Å². The summed E-state index contributed by atoms with van der Waals surface area (Å²) < 4.78 is 2.29. The zero-order chi connectivity index (χ0) is 11.8. The van der Waals surface area contributed by atoms with E-state index >= 15 is 0 Å². The maximum atomic E-state index is 9.99. The van der Waals surface area contributed by atoms with Gasteiger partial charge in [0.15, 0.2) is 0 Å². The first-order valence-corrected chi connectivity index (χ1v) is 6.10. The van der Waals surface area contributed by atoms with Crippen molar-refractivity contribution >= 4 is 0 Å². The molecule has 0 fully saturated rings. The lowest BCUT2D eigenvalue weighted by molar-refractivity contribution is 0.156. The van der Waals surface area contributed by atoms with Gasteiger partial charge in [0.1, 0.15) is 0 Å². The molecule has 4 nitrogen and oxygen atoms in total. The number of hydrogen-bond donors (Lipinski definition) is 2. The summed E-state index contributed by atoms with van der Waals surface area (Å²) in [5, 5.41) is 16.8. The molecule has 0 aliphatic heterocycles. The average Bonchev–Trinajstić information content (AvgIpc) is 2.91. The normalized spacial score (nSPS) is 19.3. The molecule has 0 spiro atoms. The van der Waals surface area contributed by atoms with Crippen molar-refractivity contribution in [2.75, 3.05) is 0 Å². The number of aliphatic hydroxyl groups is 1. The zero-order valence-corrected chi connectivity index (χ0v) is 9.98. The van der Waals surface area contributed by atoms with Crippen LogP contribution in [0, 0.1) is 6.92 Å². The molecule has 0 radical (unpaired) electrons. The molecule has 0 saturated heterocycles. The van der Waals surface area contributed by atoms with E-state index in [1.54, 1.807) is 0 Å². The first-order chi connectivity index (χ1) is 8.25. The maximum Gasteiger partial charge on any atom is 0.0807 e. The molecule has 1 unspecified atom stereocenters. The Morgan fingerprint density at radius 2 is 2.47 bits per heavy atom. The van der Waals surface area contributed by atoms with Crippen molar-refractivity contribution in [2.45, 2.75) is 38.8 Å². The van der Waals surface area contributed by atoms with Crippen molar-refractivity contribution in [1.29, 1.82) is 0 Å². The van der Waals surface area contributed by atoms with Gasteiger partial charge in [-0.1, -0.05) is 0 Å². The van der Waals surface area contributed by atoms with Gasteiger partial charge >= 0.3 is 0 Å². The van der Waals surface area contributed by atoms with Gasteiger partial charge < -0.3 is 9.67 Å². The minimum Gasteiger partial charge on any atom is -0.388 e. The number of aromatic amines is 1. The Kier molecular flexibility index (Phi) is 2.52. The van der Waals surface area contributed by atoms with Crippen LogP contribution in [-0.2, 0) is 13.0 Å². The molecule has 0 aromatic carbocycles. The Labute approximate surface area is 100 Å². The summed E-state index contributed by atoms with van der Waals surface area (Å²) in [4.78, 5) is 0. The van der Waals surface area contributed by atoms with Crippen LogP contribution in [0.3, 0.4) is 0 Å². The summed E-state index contributed by atoms with van der Waals surface area (Å²) in [6, 6.07) is 2.12. The van der Waals surface area contributed by atoms with Gasteiger partial charge in [-0.25, -0.2) is 0 Å². The summed E-state index contributed by atoms with van der Waals surface area (Å²) in [5.74, 6) is 0. The second-order valence-corrected chi connectivity index (χ2v) is 4.79. The molecular weight excluding hydrogens is 214 g/mol. The molecule has 17 heavy (non-hydrogen) atoms. The second-order valence-electron chi connectivity index (χ2n) is 4.79. The average molecular weight is 231 g/mol. The van der Waals surface area contributed by atoms with Crippen molar-refractivity contribution in [1.82, 2.24) is 14.8 Å². The first kappa shape index (κ1) is 10.6. The monoisotopic (exact) mass is 231 g/mol. The molecule has 1 atom stereocenters. The number of aromatic nitrogens is 3. The van der Waals surface area contributed by atoms with Crippen molar-refractivity contribution in [3.05, 3.63) is 41.0 Å². The van der Waals surface area contributed by atoms with E-state index in [2.05, 4.69) is 27.8 Å². The Bertz CT molecular complexity index is 513. The standard InChI is InChI=1S/C13H17N3O/c1-9-5-11-12(3-2-4-13(11)17)16(9)8-10-6-14-15-7-10/h5-7,13,17H,2-4,8H2,1H3,(H,14,15). The van der Waals surface area contributed by atoms with Gasteiger partial charge in [-0.15, -0.1) is 0 Å². The van der Waals surface area contributed by atoms with E-state index in [0.29, 0.717) is 0 Å². The minimum absolute atomic E-state index is 0.275. The lowest BCUT2D eigenvalue weighted by Gasteiger charge is -2.20. The molecule has 1 aliphatic carbocycles. The van der Waals surface area contributed by atoms with Crippen LogP contribution in [0.1, 0.15) is 41.5 Å². The third-order valence-corrected chi connectivity index (χ3v) is 3.59. The number of nitrogens with zero attached hydrogens (tertiary/aromatic N) is 2. The first-order valence-electron chi connectivity index (χ1n) is 6.10. The number of hydrogen-bond acceptors (Lipinski definition) is 2. The van der Waals surface area contributed by atoms with Crippen molar-refractivity contribution in [2.24, 2.45) is 0 Å². The number of aryl methyl sites for hydroxylation is 1. The van der Waals surface area contributed by atoms with Gasteiger partial charge in [0, 0.05) is 28.7 Å². The van der Waals surface area contributed by atoms with Crippen molar-refractivity contribution in [3.63, 3.8) is 0 Å². The van der Waals surface area contributed by atoms with Gasteiger partial charge in [-0.05, 0) is 32.3 Å². The maximum absolute atomic E-state index is 9.99. The topological polar surface area (TPSA) is 53.8 Å². The minimum atomic E-state index is -0.275. The molecule has 0 bridgehead atoms. The predicted octanol–water partition coefficient (Wildman–Crippen LogP) is 1.94. The molecule has 4 heteroatoms. The fraction of sp³-hybridized carbons (Fsp3) is 0.462. The number of fused-ring (bicyclic) bond motifs is 1. The Balaban J connectivity index is 1.99. The Hall–Kier alpha value is -1.55. The lowest BCUT2D eigenvalue weighted by atomic mass is 9.95. The van der Waals surface area contributed by atoms with Crippen LogP contribution in [-0.4, -0.2) is 19.9 Å². The van der Waals surface area contributed by atoms with E-state index in [-0.39, 0.29) is 6.10 Å². The number of aliphatic hydroxyl groups excluding tert-OH is 1. The van der Waals surface area contributed by atoms with Gasteiger partial charge in [-0.3, -0.25) is 5.10 Å². The third kappa shape index (κ3) is 1.78. The summed E-state index contributed by atoms with van der Waals surface area (Å²) in [5.41, 5.74) is 4.81. The van der Waals surface area contributed by atoms with Crippen LogP contribution in [0.4, 0.5) is 0 Å². The summed E-state index contributed by atoms with van der Waals surface area (Å²) in [6.07, 6.45) is 6.53. The smallest absolute Gasteiger partial charge is 0.0807 e. The quantitative estimate of drug-likeness (QED) is 0.830. The van der Waals surface area contributed by atoms with E-state index < -0.39 is 0 Å². The molecule has 2 heterocycles. The van der Waals surface area contributed by atoms with E-state index in [0.717, 1.165) is 31.4 Å². The van der Waals surface area contributed by atoms with E-state index in [4.69, 9.17) is 0 Å². The Morgan fingerprint density at radius 1 is 1.59 bits per heavy atom. The highest BCUT2D eigenvalue weighted by Gasteiger charge is 2.22. The number of H-pyrrole nitrogens is 1. The van der Waals surface area contributed by atoms with Crippen LogP contribution in [0.5, 0.6) is 0 Å². The van der Waals surface area contributed by atoms with Crippen LogP contribution < -0.4 is 0 Å². The van der Waals surface area contributed by atoms with Gasteiger partial charge in [0.2, 0.25) is 0 Å². The largest absolute Gasteiger partial charge is 0.388 e. The second kappa shape index (κ2) is 4.04.